The number of nitrogens with zero attached hydrogens (tertiary/aromatic N) is 2. The van der Waals surface area contributed by atoms with Crippen LogP contribution in [0.4, 0.5) is 5.82 Å². The molecule has 10 radical (unpaired) electrons. The van der Waals surface area contributed by atoms with Crippen LogP contribution in [0.3, 0.4) is 0 Å². The van der Waals surface area contributed by atoms with Gasteiger partial charge in [0.15, 0.2) is 5.78 Å². The van der Waals surface area contributed by atoms with Gasteiger partial charge >= 0.3 is 0 Å². The fourth-order valence-corrected chi connectivity index (χ4v) is 9.90. The number of hydrogen-bond donors (Lipinski definition) is 1. The molecule has 1 aromatic rings. The van der Waals surface area contributed by atoms with Gasteiger partial charge in [0.25, 0.3) is 0 Å². The first kappa shape index (κ1) is 23.4. The third-order valence-corrected chi connectivity index (χ3v) is 12.0. The molecule has 0 amide bonds. The van der Waals surface area contributed by atoms with Crippen molar-refractivity contribution in [1.29, 1.82) is 0 Å². The number of carbonyl (C=O) groups is 1. The van der Waals surface area contributed by atoms with Gasteiger partial charge in [-0.3, -0.25) is 9.48 Å². The quantitative estimate of drug-likeness (QED) is 0.728. The number of rotatable bonds is 3. The largest absolute Gasteiger partial charge is 0.382 e. The van der Waals surface area contributed by atoms with E-state index in [4.69, 9.17) is 45.0 Å². The number of anilines is 1. The lowest BCUT2D eigenvalue weighted by atomic mass is 9.11. The van der Waals surface area contributed by atoms with E-state index in [0.29, 0.717) is 49.3 Å². The maximum absolute atomic E-state index is 13.5. The predicted molar refractivity (Wildman–Crippen MR) is 139 cm³/mol. The maximum atomic E-state index is 13.5. The predicted octanol–water partition coefficient (Wildman–Crippen LogP) is 3.35. The van der Waals surface area contributed by atoms with E-state index in [1.165, 1.54) is 0 Å². The highest BCUT2D eigenvalue weighted by molar-refractivity contribution is 6.40. The number of carbonyl (C=O) groups excluding carboxylic acids is 1. The summed E-state index contributed by atoms with van der Waals surface area (Å²) < 4.78 is 1.61. The standard InChI is InChI=1S/C25H32B5N3O/c1-14-12-21(26)7-9-23(28)22(27)5-3-16(18(34)13-33-10-4-19(31)32-33)20(22,2)6-8-24(23,29)25(21,30)17-11-15(14)17/h4,10,14-17H,3,5-9,11-13H2,1-2H3,(H2,31,32)/t14-,15?,16?,17?,20-,21+,22+,23-,24-,25-/m1/s1. The number of fused-ring (bicyclic) bond motifs is 7. The Morgan fingerprint density at radius 1 is 1.09 bits per heavy atom. The summed E-state index contributed by atoms with van der Waals surface area (Å²) in [4.78, 5) is 13.5. The van der Waals surface area contributed by atoms with Crippen molar-refractivity contribution in [2.75, 3.05) is 5.73 Å². The molecule has 3 unspecified atom stereocenters. The van der Waals surface area contributed by atoms with Crippen LogP contribution in [-0.4, -0.2) is 54.8 Å². The third kappa shape index (κ3) is 2.39. The van der Waals surface area contributed by atoms with E-state index in [-0.39, 0.29) is 18.2 Å². The van der Waals surface area contributed by atoms with E-state index < -0.39 is 32.0 Å². The fourth-order valence-electron chi connectivity index (χ4n) is 9.90. The zero-order valence-electron chi connectivity index (χ0n) is 20.6. The van der Waals surface area contributed by atoms with E-state index in [9.17, 15) is 4.79 Å². The summed E-state index contributed by atoms with van der Waals surface area (Å²) in [6, 6.07) is 1.70. The molecular weight excluding hydrogens is 412 g/mol. The molecule has 0 aromatic carbocycles. The van der Waals surface area contributed by atoms with Crippen LogP contribution in [0, 0.1) is 29.1 Å². The average molecular weight is 445 g/mol. The molecule has 168 valence electrons. The van der Waals surface area contributed by atoms with Crippen molar-refractivity contribution in [2.45, 2.75) is 98.3 Å². The van der Waals surface area contributed by atoms with Crippen LogP contribution in [-0.2, 0) is 11.3 Å². The van der Waals surface area contributed by atoms with Crippen molar-refractivity contribution in [3.05, 3.63) is 12.3 Å². The molecule has 1 heterocycles. The highest BCUT2D eigenvalue weighted by Crippen LogP contribution is 2.95. The van der Waals surface area contributed by atoms with Crippen LogP contribution in [0.2, 0.25) is 26.6 Å². The fraction of sp³-hybridized carbons (Fsp3) is 0.840. The van der Waals surface area contributed by atoms with Gasteiger partial charge in [0.05, 0.1) is 45.8 Å². The normalized spacial score (nSPS) is 55.5. The van der Waals surface area contributed by atoms with Crippen LogP contribution in [0.25, 0.3) is 0 Å². The van der Waals surface area contributed by atoms with E-state index >= 15 is 0 Å². The number of Topliss-reactive ketones (excluding diaryl/α,β-unsaturated/α-hetero) is 1. The third-order valence-electron chi connectivity index (χ3n) is 12.0. The monoisotopic (exact) mass is 445 g/mol. The van der Waals surface area contributed by atoms with Gasteiger partial charge in [-0.25, -0.2) is 0 Å². The molecule has 4 nitrogen and oxygen atoms in total. The maximum Gasteiger partial charge on any atom is 0.157 e. The molecule has 0 saturated heterocycles. The molecule has 2 N–H and O–H groups in total. The molecule has 0 bridgehead atoms. The Morgan fingerprint density at radius 2 is 1.79 bits per heavy atom. The Bertz CT molecular complexity index is 1070. The number of nitrogens with two attached hydrogens (primary N) is 1. The first-order valence-electron chi connectivity index (χ1n) is 13.0. The first-order chi connectivity index (χ1) is 15.8. The molecule has 5 aliphatic rings. The highest BCUT2D eigenvalue weighted by Gasteiger charge is 2.78. The van der Waals surface area contributed by atoms with Crippen molar-refractivity contribution < 1.29 is 4.79 Å². The molecular formula is C25H32B5N3O. The summed E-state index contributed by atoms with van der Waals surface area (Å²) in [5.74, 6) is 1.77. The zero-order valence-corrected chi connectivity index (χ0v) is 20.6. The van der Waals surface area contributed by atoms with Gasteiger partial charge in [0.1, 0.15) is 5.82 Å². The minimum atomic E-state index is -0.885. The van der Waals surface area contributed by atoms with E-state index in [0.717, 1.165) is 25.7 Å². The second-order valence-electron chi connectivity index (χ2n) is 13.0. The topological polar surface area (TPSA) is 60.9 Å². The van der Waals surface area contributed by atoms with Gasteiger partial charge in [-0.05, 0) is 48.5 Å². The number of ketones is 1. The molecule has 5 aliphatic carbocycles. The molecule has 34 heavy (non-hydrogen) atoms. The van der Waals surface area contributed by atoms with Crippen LogP contribution in [0.1, 0.15) is 65.2 Å². The molecule has 5 saturated carbocycles. The van der Waals surface area contributed by atoms with Crippen molar-refractivity contribution in [2.24, 2.45) is 29.1 Å². The SMILES string of the molecule is [B][C@]12CC[C@]3([B])[C@]([B])(CC[C@]4(C)C(C(=O)Cn5ccc(N)n5)CC[C@@]34[B])[C@@]1([B])C1CC1[C@H](C)C2. The molecule has 1 aromatic heterocycles. The number of aromatic nitrogens is 2. The van der Waals surface area contributed by atoms with Gasteiger partial charge in [0, 0.05) is 12.1 Å². The summed E-state index contributed by atoms with van der Waals surface area (Å²) in [5.41, 5.74) is 5.29. The summed E-state index contributed by atoms with van der Waals surface area (Å²) in [6.07, 6.45) is 7.81. The molecule has 6 rings (SSSR count). The first-order valence-corrected chi connectivity index (χ1v) is 13.0. The number of nitrogen functional groups attached to an aromatic ring is 1. The van der Waals surface area contributed by atoms with Crippen LogP contribution in [0.5, 0.6) is 0 Å². The van der Waals surface area contributed by atoms with Crippen molar-refractivity contribution in [3.8, 4) is 0 Å². The smallest absolute Gasteiger partial charge is 0.157 e. The van der Waals surface area contributed by atoms with Gasteiger partial charge < -0.3 is 5.73 Å². The van der Waals surface area contributed by atoms with Crippen molar-refractivity contribution >= 4 is 50.8 Å². The van der Waals surface area contributed by atoms with Crippen molar-refractivity contribution in [1.82, 2.24) is 9.78 Å². The Hall–Kier alpha value is -0.995. The van der Waals surface area contributed by atoms with E-state index in [2.05, 4.69) is 18.9 Å². The molecule has 5 fully saturated rings. The van der Waals surface area contributed by atoms with E-state index in [1.54, 1.807) is 16.9 Å². The van der Waals surface area contributed by atoms with Crippen LogP contribution < -0.4 is 5.73 Å². The van der Waals surface area contributed by atoms with Crippen molar-refractivity contribution in [3.63, 3.8) is 0 Å². The molecule has 10 atom stereocenters. The summed E-state index contributed by atoms with van der Waals surface area (Å²) in [6.45, 7) is 4.65. The molecule has 0 spiro atoms. The lowest BCUT2D eigenvalue weighted by molar-refractivity contribution is -0.129. The van der Waals surface area contributed by atoms with Crippen LogP contribution in [0.15, 0.2) is 12.3 Å². The Kier molecular flexibility index (Phi) is 4.58. The van der Waals surface area contributed by atoms with Gasteiger partial charge in [-0.15, -0.1) is 0 Å². The second kappa shape index (κ2) is 6.65. The zero-order chi connectivity index (χ0) is 24.5. The summed E-state index contributed by atoms with van der Waals surface area (Å²) in [5, 5.41) is 0.388. The Morgan fingerprint density at radius 3 is 2.47 bits per heavy atom. The average Bonchev–Trinajstić information content (AvgIpc) is 3.41. The molecule has 9 heteroatoms. The minimum absolute atomic E-state index is 0.131. The highest BCUT2D eigenvalue weighted by atomic mass is 16.1. The van der Waals surface area contributed by atoms with Crippen LogP contribution >= 0.6 is 0 Å². The van der Waals surface area contributed by atoms with Gasteiger partial charge in [-0.1, -0.05) is 72.5 Å². The van der Waals surface area contributed by atoms with Gasteiger partial charge in [0.2, 0.25) is 0 Å². The van der Waals surface area contributed by atoms with Gasteiger partial charge in [-0.2, -0.15) is 5.10 Å². The lowest BCUT2D eigenvalue weighted by Gasteiger charge is -2.79. The van der Waals surface area contributed by atoms with E-state index in [1.807, 2.05) is 0 Å². The summed E-state index contributed by atoms with van der Waals surface area (Å²) >= 11 is 0. The Labute approximate surface area is 210 Å². The number of hydrogen-bond acceptors (Lipinski definition) is 3. The lowest BCUT2D eigenvalue weighted by Crippen LogP contribution is -2.63. The summed E-state index contributed by atoms with van der Waals surface area (Å²) in [7, 11) is 36.9. The Balaban J connectivity index is 1.38. The second-order valence-corrected chi connectivity index (χ2v) is 13.0. The molecule has 0 aliphatic heterocycles. The minimum Gasteiger partial charge on any atom is -0.382 e.